The van der Waals surface area contributed by atoms with Crippen LogP contribution in [0.2, 0.25) is 0 Å². The predicted molar refractivity (Wildman–Crippen MR) is 99.8 cm³/mol. The monoisotopic (exact) mass is 347 g/mol. The predicted octanol–water partition coefficient (Wildman–Crippen LogP) is 4.04. The Kier molecular flexibility index (Phi) is 4.35. The van der Waals surface area contributed by atoms with Crippen molar-refractivity contribution in [1.29, 1.82) is 0 Å². The Labute approximate surface area is 151 Å². The van der Waals surface area contributed by atoms with Crippen molar-refractivity contribution < 1.29 is 9.18 Å². The molecule has 4 nitrogen and oxygen atoms in total. The van der Waals surface area contributed by atoms with E-state index in [0.29, 0.717) is 11.4 Å². The molecule has 0 aliphatic carbocycles. The first-order valence-electron chi connectivity index (χ1n) is 8.54. The highest BCUT2D eigenvalue weighted by Gasteiger charge is 2.17. The lowest BCUT2D eigenvalue weighted by molar-refractivity contribution is 0.102. The maximum atomic E-state index is 13.3. The number of anilines is 2. The molecule has 0 saturated carbocycles. The van der Waals surface area contributed by atoms with Crippen molar-refractivity contribution in [2.75, 3.05) is 16.8 Å². The lowest BCUT2D eigenvalue weighted by Gasteiger charge is -2.30. The lowest BCUT2D eigenvalue weighted by Crippen LogP contribution is -2.30. The smallest absolute Gasteiger partial charge is 0.274 e. The number of rotatable bonds is 3. The summed E-state index contributed by atoms with van der Waals surface area (Å²) in [6.45, 7) is 1.71. The average Bonchev–Trinajstić information content (AvgIpc) is 2.68. The van der Waals surface area contributed by atoms with E-state index < -0.39 is 5.82 Å². The van der Waals surface area contributed by atoms with Gasteiger partial charge in [0.1, 0.15) is 11.5 Å². The molecule has 0 fully saturated rings. The molecule has 1 aliphatic heterocycles. The first kappa shape index (κ1) is 16.3. The number of hydrogen-bond donors (Lipinski definition) is 1. The van der Waals surface area contributed by atoms with Crippen molar-refractivity contribution in [2.24, 2.45) is 0 Å². The maximum Gasteiger partial charge on any atom is 0.274 e. The van der Waals surface area contributed by atoms with E-state index in [1.165, 1.54) is 23.3 Å². The van der Waals surface area contributed by atoms with Gasteiger partial charge in [0, 0.05) is 30.7 Å². The number of hydrogen-bond acceptors (Lipinski definition) is 3. The van der Waals surface area contributed by atoms with Gasteiger partial charge >= 0.3 is 0 Å². The van der Waals surface area contributed by atoms with Crippen molar-refractivity contribution in [3.8, 4) is 0 Å². The van der Waals surface area contributed by atoms with Gasteiger partial charge in [0.2, 0.25) is 0 Å². The molecule has 1 amide bonds. The van der Waals surface area contributed by atoms with Gasteiger partial charge in [-0.05, 0) is 47.9 Å². The van der Waals surface area contributed by atoms with Crippen LogP contribution < -0.4 is 10.2 Å². The van der Waals surface area contributed by atoms with Gasteiger partial charge in [0.15, 0.2) is 0 Å². The minimum absolute atomic E-state index is 0.311. The number of pyridine rings is 1. The van der Waals surface area contributed by atoms with Gasteiger partial charge in [0.25, 0.3) is 5.91 Å². The molecule has 2 aromatic carbocycles. The Hall–Kier alpha value is -3.21. The van der Waals surface area contributed by atoms with E-state index in [1.54, 1.807) is 24.4 Å². The van der Waals surface area contributed by atoms with Crippen LogP contribution in [0.5, 0.6) is 0 Å². The molecule has 130 valence electrons. The fourth-order valence-electron chi connectivity index (χ4n) is 3.22. The first-order chi connectivity index (χ1) is 12.7. The summed E-state index contributed by atoms with van der Waals surface area (Å²) < 4.78 is 13.3. The number of fused-ring (bicyclic) bond motifs is 1. The van der Waals surface area contributed by atoms with Crippen LogP contribution in [0, 0.1) is 5.82 Å². The Bertz CT molecular complexity index is 957. The summed E-state index contributed by atoms with van der Waals surface area (Å²) in [5, 5.41) is 2.68. The number of aromatic nitrogens is 1. The number of nitrogens with zero attached hydrogens (tertiary/aromatic N) is 2. The molecule has 2 heterocycles. The van der Waals surface area contributed by atoms with Crippen molar-refractivity contribution in [1.82, 2.24) is 4.98 Å². The van der Waals surface area contributed by atoms with Crippen LogP contribution in [0.4, 0.5) is 15.8 Å². The Morgan fingerprint density at radius 2 is 1.88 bits per heavy atom. The zero-order valence-electron chi connectivity index (χ0n) is 14.2. The van der Waals surface area contributed by atoms with Crippen LogP contribution in [0.15, 0.2) is 66.9 Å². The summed E-state index contributed by atoms with van der Waals surface area (Å²) in [5.41, 5.74) is 4.36. The summed E-state index contributed by atoms with van der Waals surface area (Å²) >= 11 is 0. The highest BCUT2D eigenvalue weighted by atomic mass is 19.1. The van der Waals surface area contributed by atoms with Gasteiger partial charge in [0.05, 0.1) is 0 Å². The second kappa shape index (κ2) is 6.96. The van der Waals surface area contributed by atoms with Gasteiger partial charge in [-0.25, -0.2) is 4.39 Å². The van der Waals surface area contributed by atoms with Gasteiger partial charge in [-0.15, -0.1) is 0 Å². The largest absolute Gasteiger partial charge is 0.367 e. The van der Waals surface area contributed by atoms with Crippen LogP contribution in [-0.2, 0) is 13.0 Å². The van der Waals surface area contributed by atoms with E-state index in [4.69, 9.17) is 0 Å². The Balaban J connectivity index is 1.53. The normalized spacial score (nSPS) is 13.2. The Morgan fingerprint density at radius 1 is 1.04 bits per heavy atom. The van der Waals surface area contributed by atoms with Gasteiger partial charge in [-0.1, -0.05) is 30.3 Å². The number of benzene rings is 2. The van der Waals surface area contributed by atoms with Crippen LogP contribution in [0.3, 0.4) is 0 Å². The van der Waals surface area contributed by atoms with E-state index in [-0.39, 0.29) is 5.91 Å². The van der Waals surface area contributed by atoms with E-state index in [2.05, 4.69) is 33.4 Å². The van der Waals surface area contributed by atoms with Gasteiger partial charge in [-0.2, -0.15) is 0 Å². The molecule has 4 rings (SSSR count). The number of nitrogens with one attached hydrogen (secondary N) is 1. The topological polar surface area (TPSA) is 45.2 Å². The molecule has 5 heteroatoms. The summed E-state index contributed by atoms with van der Waals surface area (Å²) in [4.78, 5) is 18.8. The second-order valence-corrected chi connectivity index (χ2v) is 6.30. The van der Waals surface area contributed by atoms with E-state index in [1.807, 2.05) is 12.1 Å². The lowest BCUT2D eigenvalue weighted by atomic mass is 9.99. The van der Waals surface area contributed by atoms with E-state index in [0.717, 1.165) is 25.2 Å². The number of carbonyl (C=O) groups is 1. The van der Waals surface area contributed by atoms with Crippen LogP contribution >= 0.6 is 0 Å². The molecule has 0 spiro atoms. The number of halogens is 1. The molecular formula is C21H18FN3O. The highest BCUT2D eigenvalue weighted by Crippen LogP contribution is 2.24. The molecule has 0 bridgehead atoms. The fourth-order valence-corrected chi connectivity index (χ4v) is 3.22. The third-order valence-corrected chi connectivity index (χ3v) is 4.55. The highest BCUT2D eigenvalue weighted by molar-refractivity contribution is 6.03. The molecule has 1 aliphatic rings. The summed E-state index contributed by atoms with van der Waals surface area (Å²) in [5.74, 6) is -0.744. The summed E-state index contributed by atoms with van der Waals surface area (Å²) in [6.07, 6.45) is 2.61. The maximum absolute atomic E-state index is 13.3. The molecular weight excluding hydrogens is 329 g/mol. The SMILES string of the molecule is O=C(Nc1cccc(F)c1)c1cc(N2CCc3ccccc3C2)ccn1. The van der Waals surface area contributed by atoms with Crippen molar-refractivity contribution >= 4 is 17.3 Å². The minimum atomic E-state index is -0.392. The quantitative estimate of drug-likeness (QED) is 0.778. The van der Waals surface area contributed by atoms with E-state index >= 15 is 0 Å². The zero-order chi connectivity index (χ0) is 17.9. The van der Waals surface area contributed by atoms with Gasteiger partial charge < -0.3 is 10.2 Å². The summed E-state index contributed by atoms with van der Waals surface area (Å²) in [6, 6.07) is 17.9. The molecule has 0 unspecified atom stereocenters. The molecule has 1 N–H and O–H groups in total. The first-order valence-corrected chi connectivity index (χ1v) is 8.54. The van der Waals surface area contributed by atoms with Gasteiger partial charge in [-0.3, -0.25) is 9.78 Å². The zero-order valence-corrected chi connectivity index (χ0v) is 14.2. The van der Waals surface area contributed by atoms with Crippen LogP contribution in [-0.4, -0.2) is 17.4 Å². The number of carbonyl (C=O) groups excluding carboxylic acids is 1. The average molecular weight is 347 g/mol. The van der Waals surface area contributed by atoms with Crippen molar-refractivity contribution in [3.05, 3.63) is 89.5 Å². The summed E-state index contributed by atoms with van der Waals surface area (Å²) in [7, 11) is 0. The molecule has 0 atom stereocenters. The van der Waals surface area contributed by atoms with Crippen molar-refractivity contribution in [3.63, 3.8) is 0 Å². The molecule has 26 heavy (non-hydrogen) atoms. The fraction of sp³-hybridized carbons (Fsp3) is 0.143. The third-order valence-electron chi connectivity index (χ3n) is 4.55. The van der Waals surface area contributed by atoms with Crippen LogP contribution in [0.1, 0.15) is 21.6 Å². The number of amides is 1. The third kappa shape index (κ3) is 3.42. The molecule has 1 aromatic heterocycles. The molecule has 0 radical (unpaired) electrons. The van der Waals surface area contributed by atoms with Crippen molar-refractivity contribution in [2.45, 2.75) is 13.0 Å². The minimum Gasteiger partial charge on any atom is -0.367 e. The molecule has 0 saturated heterocycles. The molecule has 3 aromatic rings. The Morgan fingerprint density at radius 3 is 2.73 bits per heavy atom. The van der Waals surface area contributed by atoms with Crippen LogP contribution in [0.25, 0.3) is 0 Å². The second-order valence-electron chi connectivity index (χ2n) is 6.30. The van der Waals surface area contributed by atoms with E-state index in [9.17, 15) is 9.18 Å². The standard InChI is InChI=1S/C21H18FN3O/c22-17-6-3-7-18(12-17)24-21(26)20-13-19(8-10-23-20)25-11-9-15-4-1-2-5-16(15)14-25/h1-8,10,12-13H,9,11,14H2,(H,24,26).